The first-order chi connectivity index (χ1) is 13.1. The van der Waals surface area contributed by atoms with Crippen LogP contribution in [0.3, 0.4) is 0 Å². The number of nitrogens with zero attached hydrogens (tertiary/aromatic N) is 1. The van der Waals surface area contributed by atoms with Gasteiger partial charge in [0.1, 0.15) is 11.6 Å². The monoisotopic (exact) mass is 379 g/mol. The fraction of sp³-hybridized carbons (Fsp3) is 0.238. The van der Waals surface area contributed by atoms with Crippen LogP contribution in [0, 0.1) is 11.7 Å². The van der Waals surface area contributed by atoms with Gasteiger partial charge in [-0.15, -0.1) is 11.3 Å². The van der Waals surface area contributed by atoms with Crippen LogP contribution >= 0.6 is 11.3 Å². The maximum atomic E-state index is 13.4. The van der Waals surface area contributed by atoms with Crippen molar-refractivity contribution in [3.63, 3.8) is 0 Å². The topological polar surface area (TPSA) is 57.8 Å². The summed E-state index contributed by atoms with van der Waals surface area (Å²) in [6.45, 7) is 1.97. The normalized spacial score (nSPS) is 20.1. The van der Waals surface area contributed by atoms with E-state index in [0.29, 0.717) is 0 Å². The van der Waals surface area contributed by atoms with Crippen molar-refractivity contribution >= 4 is 38.4 Å². The Morgan fingerprint density at radius 2 is 2.15 bits per heavy atom. The number of thiophene rings is 1. The van der Waals surface area contributed by atoms with Crippen molar-refractivity contribution in [2.75, 3.05) is 0 Å². The SMILES string of the molecule is CC(NC(=O)[C@H]1C[C@@H]1c1nc2ccccc2[nH]1)c1cc2cc(F)ccc2s1. The Morgan fingerprint density at radius 1 is 1.30 bits per heavy atom. The molecule has 0 radical (unpaired) electrons. The predicted octanol–water partition coefficient (Wildman–Crippen LogP) is 4.90. The number of benzene rings is 2. The molecule has 1 saturated carbocycles. The lowest BCUT2D eigenvalue weighted by atomic mass is 10.2. The van der Waals surface area contributed by atoms with Crippen LogP contribution in [0.4, 0.5) is 4.39 Å². The van der Waals surface area contributed by atoms with Crippen molar-refractivity contribution in [2.24, 2.45) is 5.92 Å². The van der Waals surface area contributed by atoms with Gasteiger partial charge in [-0.2, -0.15) is 0 Å². The minimum absolute atomic E-state index is 0.0418. The summed E-state index contributed by atoms with van der Waals surface area (Å²) in [7, 11) is 0. The van der Waals surface area contributed by atoms with Crippen LogP contribution < -0.4 is 5.32 Å². The lowest BCUT2D eigenvalue weighted by Gasteiger charge is -2.11. The number of para-hydroxylation sites is 2. The maximum Gasteiger partial charge on any atom is 0.224 e. The number of hydrogen-bond donors (Lipinski definition) is 2. The first kappa shape index (κ1) is 16.4. The van der Waals surface area contributed by atoms with E-state index in [-0.39, 0.29) is 29.6 Å². The number of fused-ring (bicyclic) bond motifs is 2. The molecule has 4 nitrogen and oxygen atoms in total. The second-order valence-corrected chi connectivity index (χ2v) is 8.26. The molecule has 0 aliphatic heterocycles. The van der Waals surface area contributed by atoms with E-state index in [1.807, 2.05) is 37.3 Å². The Hall–Kier alpha value is -2.73. The van der Waals surface area contributed by atoms with Gasteiger partial charge in [-0.25, -0.2) is 9.37 Å². The lowest BCUT2D eigenvalue weighted by molar-refractivity contribution is -0.123. The highest BCUT2D eigenvalue weighted by atomic mass is 32.1. The van der Waals surface area contributed by atoms with Gasteiger partial charge in [0.2, 0.25) is 5.91 Å². The first-order valence-corrected chi connectivity index (χ1v) is 9.84. The van der Waals surface area contributed by atoms with E-state index in [1.54, 1.807) is 17.4 Å². The van der Waals surface area contributed by atoms with Crippen LogP contribution in [0.15, 0.2) is 48.5 Å². The Labute approximate surface area is 159 Å². The lowest BCUT2D eigenvalue weighted by Crippen LogP contribution is -2.28. The molecule has 0 bridgehead atoms. The molecule has 1 unspecified atom stereocenters. The van der Waals surface area contributed by atoms with Gasteiger partial charge in [-0.3, -0.25) is 4.79 Å². The average Bonchev–Trinajstić information content (AvgIpc) is 3.16. The maximum absolute atomic E-state index is 13.4. The summed E-state index contributed by atoms with van der Waals surface area (Å²) in [6, 6.07) is 14.5. The number of carbonyl (C=O) groups excluding carboxylic acids is 1. The third-order valence-electron chi connectivity index (χ3n) is 5.17. The molecule has 2 aromatic carbocycles. The Balaban J connectivity index is 1.28. The molecule has 0 saturated heterocycles. The summed E-state index contributed by atoms with van der Waals surface area (Å²) in [5, 5.41) is 3.98. The summed E-state index contributed by atoms with van der Waals surface area (Å²) in [5.41, 5.74) is 1.94. The Morgan fingerprint density at radius 3 is 3.00 bits per heavy atom. The smallest absolute Gasteiger partial charge is 0.224 e. The predicted molar refractivity (Wildman–Crippen MR) is 105 cm³/mol. The molecule has 1 amide bonds. The molecule has 136 valence electrons. The van der Waals surface area contributed by atoms with Gasteiger partial charge in [0.25, 0.3) is 0 Å². The number of hydrogen-bond acceptors (Lipinski definition) is 3. The van der Waals surface area contributed by atoms with E-state index < -0.39 is 0 Å². The van der Waals surface area contributed by atoms with Gasteiger partial charge < -0.3 is 10.3 Å². The first-order valence-electron chi connectivity index (χ1n) is 9.02. The van der Waals surface area contributed by atoms with Crippen molar-refractivity contribution in [3.05, 3.63) is 65.0 Å². The number of aromatic amines is 1. The second-order valence-electron chi connectivity index (χ2n) is 7.15. The largest absolute Gasteiger partial charge is 0.349 e. The van der Waals surface area contributed by atoms with Gasteiger partial charge >= 0.3 is 0 Å². The van der Waals surface area contributed by atoms with Gasteiger partial charge in [0.15, 0.2) is 0 Å². The van der Waals surface area contributed by atoms with Crippen molar-refractivity contribution in [1.29, 1.82) is 0 Å². The van der Waals surface area contributed by atoms with Gasteiger partial charge in [0.05, 0.1) is 17.1 Å². The van der Waals surface area contributed by atoms with E-state index in [4.69, 9.17) is 0 Å². The molecule has 2 aromatic heterocycles. The van der Waals surface area contributed by atoms with Crippen LogP contribution in [0.2, 0.25) is 0 Å². The summed E-state index contributed by atoms with van der Waals surface area (Å²) in [6.07, 6.45) is 0.815. The zero-order valence-electron chi connectivity index (χ0n) is 14.7. The summed E-state index contributed by atoms with van der Waals surface area (Å²) >= 11 is 1.59. The molecule has 1 aliphatic carbocycles. The zero-order valence-corrected chi connectivity index (χ0v) is 15.5. The molecule has 2 N–H and O–H groups in total. The van der Waals surface area contributed by atoms with Gasteiger partial charge in [-0.05, 0) is 55.1 Å². The average molecular weight is 379 g/mol. The number of H-pyrrole nitrogens is 1. The van der Waals surface area contributed by atoms with Crippen LogP contribution in [-0.4, -0.2) is 15.9 Å². The van der Waals surface area contributed by atoms with Crippen molar-refractivity contribution in [3.8, 4) is 0 Å². The van der Waals surface area contributed by atoms with Crippen LogP contribution in [0.5, 0.6) is 0 Å². The third-order valence-corrected chi connectivity index (χ3v) is 6.47. The quantitative estimate of drug-likeness (QED) is 0.530. The van der Waals surface area contributed by atoms with Crippen molar-refractivity contribution in [2.45, 2.75) is 25.3 Å². The second kappa shape index (κ2) is 6.16. The molecule has 3 atom stereocenters. The van der Waals surface area contributed by atoms with Gasteiger partial charge in [0, 0.05) is 21.4 Å². The third kappa shape index (κ3) is 3.00. The number of nitrogens with one attached hydrogen (secondary N) is 2. The highest BCUT2D eigenvalue weighted by Crippen LogP contribution is 2.47. The molecule has 1 fully saturated rings. The van der Waals surface area contributed by atoms with E-state index in [2.05, 4.69) is 15.3 Å². The number of amides is 1. The van der Waals surface area contributed by atoms with Crippen LogP contribution in [0.25, 0.3) is 21.1 Å². The zero-order chi connectivity index (χ0) is 18.5. The fourth-order valence-corrected chi connectivity index (χ4v) is 4.62. The standard InChI is InChI=1S/C21H18FN3OS/c1-11(19-9-12-8-13(22)6-7-18(12)27-19)23-21(26)15-10-14(15)20-24-16-4-2-3-5-17(16)25-20/h2-9,11,14-15H,10H2,1H3,(H,23,26)(H,24,25)/t11?,14-,15-/m0/s1. The number of imidazole rings is 1. The molecule has 5 rings (SSSR count). The Bertz CT molecular complexity index is 1130. The molecule has 0 spiro atoms. The van der Waals surface area contributed by atoms with E-state index in [9.17, 15) is 9.18 Å². The summed E-state index contributed by atoms with van der Waals surface area (Å²) in [4.78, 5) is 21.6. The highest BCUT2D eigenvalue weighted by Gasteiger charge is 2.46. The molecule has 27 heavy (non-hydrogen) atoms. The van der Waals surface area contributed by atoms with Crippen LogP contribution in [-0.2, 0) is 4.79 Å². The number of aromatic nitrogens is 2. The minimum atomic E-state index is -0.241. The summed E-state index contributed by atoms with van der Waals surface area (Å²) in [5.74, 6) is 0.814. The molecule has 2 heterocycles. The van der Waals surface area contributed by atoms with E-state index in [1.165, 1.54) is 12.1 Å². The molecular formula is C21H18FN3OS. The minimum Gasteiger partial charge on any atom is -0.349 e. The molecule has 4 aromatic rings. The van der Waals surface area contributed by atoms with Gasteiger partial charge in [-0.1, -0.05) is 12.1 Å². The Kier molecular flexibility index (Phi) is 3.75. The van der Waals surface area contributed by atoms with E-state index >= 15 is 0 Å². The van der Waals surface area contributed by atoms with Crippen molar-refractivity contribution in [1.82, 2.24) is 15.3 Å². The van der Waals surface area contributed by atoms with Crippen LogP contribution in [0.1, 0.15) is 36.0 Å². The number of rotatable bonds is 4. The van der Waals surface area contributed by atoms with Crippen molar-refractivity contribution < 1.29 is 9.18 Å². The molecule has 1 aliphatic rings. The fourth-order valence-electron chi connectivity index (χ4n) is 3.57. The molecule has 6 heteroatoms. The van der Waals surface area contributed by atoms with E-state index in [0.717, 1.165) is 38.2 Å². The number of halogens is 1. The summed E-state index contributed by atoms with van der Waals surface area (Å²) < 4.78 is 14.4. The molecular weight excluding hydrogens is 361 g/mol. The highest BCUT2D eigenvalue weighted by molar-refractivity contribution is 7.19. The number of carbonyl (C=O) groups is 1.